The lowest BCUT2D eigenvalue weighted by Gasteiger charge is -2.18. The molecule has 2 rings (SSSR count). The number of amides is 2. The summed E-state index contributed by atoms with van der Waals surface area (Å²) >= 11 is 0. The molecule has 1 saturated heterocycles. The molecule has 1 fully saturated rings. The number of hydrazine groups is 1. The second-order valence-corrected chi connectivity index (χ2v) is 4.08. The molecule has 0 bridgehead atoms. The highest BCUT2D eigenvalue weighted by Gasteiger charge is 2.26. The average Bonchev–Trinajstić information content (AvgIpc) is 2.79. The van der Waals surface area contributed by atoms with Crippen LogP contribution in [0.3, 0.4) is 0 Å². The molecule has 18 heavy (non-hydrogen) atoms. The molecule has 6 N–H and O–H groups in total. The van der Waals surface area contributed by atoms with E-state index in [-0.39, 0.29) is 17.8 Å². The van der Waals surface area contributed by atoms with Gasteiger partial charge in [-0.05, 0) is 18.7 Å². The van der Waals surface area contributed by atoms with Crippen LogP contribution in [-0.2, 0) is 0 Å². The van der Waals surface area contributed by atoms with Gasteiger partial charge in [0.1, 0.15) is 5.82 Å². The average molecular weight is 253 g/mol. The second kappa shape index (κ2) is 5.76. The molecule has 2 amide bonds. The minimum absolute atomic E-state index is 0.108. The summed E-state index contributed by atoms with van der Waals surface area (Å²) in [5.74, 6) is -0.364. The first-order chi connectivity index (χ1) is 8.70. The van der Waals surface area contributed by atoms with Crippen LogP contribution in [0, 0.1) is 11.7 Å². The smallest absolute Gasteiger partial charge is 0.320 e. The molecule has 2 atom stereocenters. The monoisotopic (exact) mass is 253 g/mol. The van der Waals surface area contributed by atoms with Gasteiger partial charge in [0.25, 0.3) is 0 Å². The van der Waals surface area contributed by atoms with Crippen molar-refractivity contribution >= 4 is 11.7 Å². The van der Waals surface area contributed by atoms with Gasteiger partial charge < -0.3 is 16.4 Å². The number of benzene rings is 1. The van der Waals surface area contributed by atoms with Crippen LogP contribution in [-0.4, -0.2) is 25.3 Å². The molecule has 7 heteroatoms. The van der Waals surface area contributed by atoms with Gasteiger partial charge >= 0.3 is 6.03 Å². The Morgan fingerprint density at radius 2 is 2.28 bits per heavy atom. The largest absolute Gasteiger partial charge is 0.330 e. The highest BCUT2D eigenvalue weighted by molar-refractivity contribution is 5.89. The molecule has 2 unspecified atom stereocenters. The van der Waals surface area contributed by atoms with E-state index < -0.39 is 11.8 Å². The minimum atomic E-state index is -0.472. The highest BCUT2D eigenvalue weighted by atomic mass is 19.1. The Morgan fingerprint density at radius 1 is 1.50 bits per heavy atom. The maximum atomic E-state index is 13.3. The van der Waals surface area contributed by atoms with Crippen molar-refractivity contribution < 1.29 is 9.18 Å². The SMILES string of the molecule is NCC1CNNC1NC(=O)Nc1ccccc1F. The molecule has 0 aliphatic carbocycles. The number of hydrogen-bond donors (Lipinski definition) is 5. The molecular formula is C11H16FN5O. The summed E-state index contributed by atoms with van der Waals surface area (Å²) in [5.41, 5.74) is 11.5. The van der Waals surface area contributed by atoms with Crippen molar-refractivity contribution in [2.75, 3.05) is 18.4 Å². The van der Waals surface area contributed by atoms with Gasteiger partial charge in [-0.15, -0.1) is 0 Å². The molecular weight excluding hydrogens is 237 g/mol. The van der Waals surface area contributed by atoms with Crippen molar-refractivity contribution in [1.29, 1.82) is 0 Å². The predicted molar refractivity (Wildman–Crippen MR) is 66.0 cm³/mol. The maximum absolute atomic E-state index is 13.3. The van der Waals surface area contributed by atoms with Crippen molar-refractivity contribution in [2.24, 2.45) is 11.7 Å². The van der Waals surface area contributed by atoms with Crippen LogP contribution >= 0.6 is 0 Å². The lowest BCUT2D eigenvalue weighted by Crippen LogP contribution is -2.49. The Kier molecular flexibility index (Phi) is 4.08. The Morgan fingerprint density at radius 3 is 3.00 bits per heavy atom. The Labute approximate surface area is 104 Å². The van der Waals surface area contributed by atoms with Gasteiger partial charge in [0, 0.05) is 12.5 Å². The van der Waals surface area contributed by atoms with E-state index in [1.54, 1.807) is 12.1 Å². The number of halogens is 1. The van der Waals surface area contributed by atoms with Crippen LogP contribution in [0.4, 0.5) is 14.9 Å². The quantitative estimate of drug-likeness (QED) is 0.522. The topological polar surface area (TPSA) is 91.2 Å². The normalized spacial score (nSPS) is 22.8. The van der Waals surface area contributed by atoms with Gasteiger partial charge in [0.15, 0.2) is 0 Å². The van der Waals surface area contributed by atoms with Gasteiger partial charge in [-0.25, -0.2) is 14.6 Å². The standard InChI is InChI=1S/C11H16FN5O/c12-8-3-1-2-4-9(8)15-11(18)16-10-7(5-13)6-14-17-10/h1-4,7,10,14,17H,5-6,13H2,(H2,15,16,18). The van der Waals surface area contributed by atoms with E-state index in [9.17, 15) is 9.18 Å². The van der Waals surface area contributed by atoms with Gasteiger partial charge in [0.05, 0.1) is 11.9 Å². The first kappa shape index (κ1) is 12.7. The number of hydrogen-bond acceptors (Lipinski definition) is 4. The van der Waals surface area contributed by atoms with E-state index in [4.69, 9.17) is 5.73 Å². The molecule has 0 radical (unpaired) electrons. The number of para-hydroxylation sites is 1. The Bertz CT molecular complexity index is 428. The number of nitrogens with two attached hydrogens (primary N) is 1. The molecule has 1 heterocycles. The fraction of sp³-hybridized carbons (Fsp3) is 0.364. The number of urea groups is 1. The maximum Gasteiger partial charge on any atom is 0.320 e. The molecule has 1 aromatic carbocycles. The summed E-state index contributed by atoms with van der Waals surface area (Å²) in [6, 6.07) is 5.52. The van der Waals surface area contributed by atoms with Crippen molar-refractivity contribution in [3.8, 4) is 0 Å². The third kappa shape index (κ3) is 2.95. The van der Waals surface area contributed by atoms with Crippen molar-refractivity contribution in [3.63, 3.8) is 0 Å². The van der Waals surface area contributed by atoms with Crippen LogP contribution in [0.25, 0.3) is 0 Å². The second-order valence-electron chi connectivity index (χ2n) is 4.08. The van der Waals surface area contributed by atoms with E-state index in [1.807, 2.05) is 0 Å². The van der Waals surface area contributed by atoms with Gasteiger partial charge in [0.2, 0.25) is 0 Å². The van der Waals surface area contributed by atoms with Crippen LogP contribution < -0.4 is 27.2 Å². The van der Waals surface area contributed by atoms with Crippen LogP contribution in [0.2, 0.25) is 0 Å². The van der Waals surface area contributed by atoms with E-state index in [0.717, 1.165) is 0 Å². The number of carbonyl (C=O) groups excluding carboxylic acids is 1. The number of anilines is 1. The number of carbonyl (C=O) groups is 1. The Balaban J connectivity index is 1.91. The lowest BCUT2D eigenvalue weighted by atomic mass is 10.1. The van der Waals surface area contributed by atoms with E-state index in [2.05, 4.69) is 21.5 Å². The zero-order valence-corrected chi connectivity index (χ0v) is 9.74. The number of nitrogens with one attached hydrogen (secondary N) is 4. The molecule has 1 aliphatic rings. The van der Waals surface area contributed by atoms with Gasteiger partial charge in [-0.1, -0.05) is 12.1 Å². The third-order valence-electron chi connectivity index (χ3n) is 2.80. The summed E-state index contributed by atoms with van der Waals surface area (Å²) < 4.78 is 13.3. The lowest BCUT2D eigenvalue weighted by molar-refractivity contribution is 0.243. The van der Waals surface area contributed by atoms with Crippen LogP contribution in [0.5, 0.6) is 0 Å². The van der Waals surface area contributed by atoms with Crippen molar-refractivity contribution in [1.82, 2.24) is 16.2 Å². The zero-order chi connectivity index (χ0) is 13.0. The molecule has 1 aliphatic heterocycles. The molecule has 0 spiro atoms. The highest BCUT2D eigenvalue weighted by Crippen LogP contribution is 2.12. The fourth-order valence-electron chi connectivity index (χ4n) is 1.77. The number of rotatable bonds is 3. The third-order valence-corrected chi connectivity index (χ3v) is 2.80. The molecule has 0 saturated carbocycles. The summed E-state index contributed by atoms with van der Waals surface area (Å²) in [6.07, 6.45) is -0.262. The van der Waals surface area contributed by atoms with E-state index in [1.165, 1.54) is 12.1 Å². The zero-order valence-electron chi connectivity index (χ0n) is 9.74. The van der Waals surface area contributed by atoms with Crippen molar-refractivity contribution in [3.05, 3.63) is 30.1 Å². The molecule has 6 nitrogen and oxygen atoms in total. The molecule has 1 aromatic rings. The summed E-state index contributed by atoms with van der Waals surface area (Å²) in [4.78, 5) is 11.7. The molecule has 0 aromatic heterocycles. The summed E-state index contributed by atoms with van der Waals surface area (Å²) in [6.45, 7) is 1.13. The van der Waals surface area contributed by atoms with E-state index >= 15 is 0 Å². The van der Waals surface area contributed by atoms with Crippen LogP contribution in [0.15, 0.2) is 24.3 Å². The summed E-state index contributed by atoms with van der Waals surface area (Å²) in [5, 5.41) is 5.13. The predicted octanol–water partition coefficient (Wildman–Crippen LogP) is -0.0440. The van der Waals surface area contributed by atoms with Crippen LogP contribution in [0.1, 0.15) is 0 Å². The van der Waals surface area contributed by atoms with Gasteiger partial charge in [-0.3, -0.25) is 5.43 Å². The fourth-order valence-corrected chi connectivity index (χ4v) is 1.77. The summed E-state index contributed by atoms with van der Waals surface area (Å²) in [7, 11) is 0. The van der Waals surface area contributed by atoms with Gasteiger partial charge in [-0.2, -0.15) is 0 Å². The van der Waals surface area contributed by atoms with E-state index in [0.29, 0.717) is 13.1 Å². The minimum Gasteiger partial charge on any atom is -0.330 e. The Hall–Kier alpha value is -1.70. The first-order valence-corrected chi connectivity index (χ1v) is 5.71. The molecule has 98 valence electrons. The first-order valence-electron chi connectivity index (χ1n) is 5.71. The van der Waals surface area contributed by atoms with Crippen molar-refractivity contribution in [2.45, 2.75) is 6.17 Å².